The Hall–Kier alpha value is 1.09. The van der Waals surface area contributed by atoms with Crippen molar-refractivity contribution in [3.05, 3.63) is 0 Å². The lowest BCUT2D eigenvalue weighted by molar-refractivity contribution is 0.482. The van der Waals surface area contributed by atoms with Crippen LogP contribution in [0.2, 0.25) is 0 Å². The van der Waals surface area contributed by atoms with Crippen molar-refractivity contribution in [3.8, 4) is 0 Å². The summed E-state index contributed by atoms with van der Waals surface area (Å²) in [4.78, 5) is 0. The summed E-state index contributed by atoms with van der Waals surface area (Å²) < 4.78 is 4.79. The summed E-state index contributed by atoms with van der Waals surface area (Å²) in [6.45, 7) is -0.465. The van der Waals surface area contributed by atoms with Gasteiger partial charge in [0.25, 0.3) is 0 Å². The summed E-state index contributed by atoms with van der Waals surface area (Å²) >= 11 is 5.67. The molecule has 0 rings (SSSR count). The molecule has 0 aliphatic carbocycles. The highest BCUT2D eigenvalue weighted by atomic mass is 33.1. The van der Waals surface area contributed by atoms with E-state index in [2.05, 4.69) is 12.2 Å². The lowest BCUT2D eigenvalue weighted by atomic mass is 11.8. The molecule has 0 aromatic rings. The van der Waals surface area contributed by atoms with Crippen molar-refractivity contribution in [2.24, 2.45) is 0 Å². The summed E-state index contributed by atoms with van der Waals surface area (Å²) in [6, 6.07) is 0. The molecule has 0 radical (unpaired) electrons. The molecule has 0 saturated carbocycles. The smallest absolute Gasteiger partial charge is 0.148 e. The molecule has 6 heavy (non-hydrogen) atoms. The van der Waals surface area contributed by atoms with Gasteiger partial charge in [0.1, 0.15) is 6.55 Å². The van der Waals surface area contributed by atoms with Crippen molar-refractivity contribution in [2.45, 2.75) is 0 Å². The van der Waals surface area contributed by atoms with Crippen LogP contribution in [0.3, 0.4) is 0 Å². The van der Waals surface area contributed by atoms with Gasteiger partial charge in [-0.15, -0.1) is 12.2 Å². The minimum Gasteiger partial charge on any atom is -0.343 e. The zero-order valence-electron chi connectivity index (χ0n) is 3.71. The maximum Gasteiger partial charge on any atom is 0.148 e. The Morgan fingerprint density at radius 2 is 2.33 bits per heavy atom. The van der Waals surface area contributed by atoms with E-state index >= 15 is 0 Å². The van der Waals surface area contributed by atoms with E-state index in [1.165, 1.54) is 0 Å². The molecule has 0 amide bonds. The van der Waals surface area contributed by atoms with Crippen LogP contribution in [0, 0.1) is 0 Å². The Morgan fingerprint density at radius 1 is 1.83 bits per heavy atom. The van der Waals surface area contributed by atoms with E-state index < -0.39 is 6.55 Å². The van der Waals surface area contributed by atoms with E-state index in [1.54, 1.807) is 18.5 Å². The van der Waals surface area contributed by atoms with Crippen molar-refractivity contribution in [1.82, 2.24) is 0 Å². The Balaban J connectivity index is 2.75. The molecule has 0 N–H and O–H groups in total. The van der Waals surface area contributed by atoms with Crippen LogP contribution >= 0.6 is 30.2 Å². The van der Waals surface area contributed by atoms with Gasteiger partial charge in [0.15, 0.2) is 0 Å². The molecule has 0 bridgehead atoms. The highest BCUT2D eigenvalue weighted by Gasteiger charge is 1.91. The monoisotopic (exact) mass is 142 g/mol. The summed E-state index contributed by atoms with van der Waals surface area (Å²) in [5, 5.41) is 0. The minimum absolute atomic E-state index is 0.465. The van der Waals surface area contributed by atoms with E-state index in [0.717, 1.165) is 0 Å². The van der Waals surface area contributed by atoms with E-state index in [0.29, 0.717) is 0 Å². The van der Waals surface area contributed by atoms with Crippen molar-refractivity contribution >= 4 is 30.2 Å². The molecule has 0 aliphatic rings. The minimum atomic E-state index is -0.465. The van der Waals surface area contributed by atoms with Crippen molar-refractivity contribution in [1.29, 1.82) is 0 Å². The number of rotatable bonds is 2. The van der Waals surface area contributed by atoms with Gasteiger partial charge < -0.3 is 4.52 Å². The van der Waals surface area contributed by atoms with Gasteiger partial charge >= 0.3 is 0 Å². The second-order valence-electron chi connectivity index (χ2n) is 0.603. The Kier molecular flexibility index (Phi) is 5.03. The average Bonchev–Trinajstić information content (AvgIpc) is 1.65. The summed E-state index contributed by atoms with van der Waals surface area (Å²) in [6.07, 6.45) is 1.97. The lowest BCUT2D eigenvalue weighted by Gasteiger charge is -1.98. The molecule has 0 aromatic heterocycles. The fraction of sp³-hybridized carbons (Fsp3) is 1.00. The van der Waals surface area contributed by atoms with Crippen LogP contribution in [-0.2, 0) is 4.52 Å². The molecule has 0 spiro atoms. The van der Waals surface area contributed by atoms with Crippen LogP contribution in [0.25, 0.3) is 0 Å². The second-order valence-corrected chi connectivity index (χ2v) is 5.80. The van der Waals surface area contributed by atoms with E-state index in [1.807, 2.05) is 6.26 Å². The first-order valence-corrected chi connectivity index (χ1v) is 5.62. The zero-order valence-corrected chi connectivity index (χ0v) is 6.32. The standard InChI is InChI=1S/C2H7OPS2/c1-3-4(5)6-2/h5H,1-2H3. The highest BCUT2D eigenvalue weighted by molar-refractivity contribution is 8.82. The largest absolute Gasteiger partial charge is 0.343 e. The summed E-state index contributed by atoms with van der Waals surface area (Å²) in [7, 11) is 1.66. The maximum absolute atomic E-state index is 4.79. The number of hydrogen-bond acceptors (Lipinski definition) is 3. The van der Waals surface area contributed by atoms with Crippen molar-refractivity contribution in [2.75, 3.05) is 13.4 Å². The van der Waals surface area contributed by atoms with Crippen LogP contribution < -0.4 is 0 Å². The topological polar surface area (TPSA) is 9.23 Å². The van der Waals surface area contributed by atoms with Crippen LogP contribution in [0.15, 0.2) is 0 Å². The Morgan fingerprint density at radius 3 is 2.33 bits per heavy atom. The molecule has 1 nitrogen and oxygen atoms in total. The molecular weight excluding hydrogens is 135 g/mol. The molecule has 4 heteroatoms. The predicted molar refractivity (Wildman–Crippen MR) is 36.4 cm³/mol. The van der Waals surface area contributed by atoms with Gasteiger partial charge in [0, 0.05) is 7.11 Å². The Labute approximate surface area is 48.6 Å². The first-order chi connectivity index (χ1) is 2.81. The molecule has 0 aliphatic heterocycles. The van der Waals surface area contributed by atoms with Crippen LogP contribution in [0.4, 0.5) is 0 Å². The van der Waals surface area contributed by atoms with Crippen molar-refractivity contribution < 1.29 is 4.52 Å². The molecule has 38 valence electrons. The lowest BCUT2D eigenvalue weighted by Crippen LogP contribution is -1.57. The Bertz CT molecular complexity index is 30.7. The fourth-order valence-corrected chi connectivity index (χ4v) is 0.671. The van der Waals surface area contributed by atoms with Crippen LogP contribution in [-0.4, -0.2) is 13.4 Å². The summed E-state index contributed by atoms with van der Waals surface area (Å²) in [5.74, 6) is 0. The fourth-order valence-electron chi connectivity index (χ4n) is 0.0745. The van der Waals surface area contributed by atoms with E-state index in [4.69, 9.17) is 4.52 Å². The molecule has 1 unspecified atom stereocenters. The molecule has 0 fully saturated rings. The van der Waals surface area contributed by atoms with Gasteiger partial charge in [-0.2, -0.15) is 0 Å². The van der Waals surface area contributed by atoms with Gasteiger partial charge in [0.2, 0.25) is 0 Å². The average molecular weight is 142 g/mol. The third-order valence-electron chi connectivity index (χ3n) is 0.312. The van der Waals surface area contributed by atoms with E-state index in [9.17, 15) is 0 Å². The third kappa shape index (κ3) is 3.29. The second kappa shape index (κ2) is 4.25. The third-order valence-corrected chi connectivity index (χ3v) is 4.28. The van der Waals surface area contributed by atoms with Gasteiger partial charge in [-0.05, 0) is 6.26 Å². The molecule has 0 saturated heterocycles. The predicted octanol–water partition coefficient (Wildman–Crippen LogP) is 2.15. The van der Waals surface area contributed by atoms with Gasteiger partial charge in [-0.25, -0.2) is 0 Å². The first-order valence-electron chi connectivity index (χ1n) is 1.38. The molecule has 0 aromatic carbocycles. The van der Waals surface area contributed by atoms with Crippen LogP contribution in [0.1, 0.15) is 0 Å². The van der Waals surface area contributed by atoms with Crippen molar-refractivity contribution in [3.63, 3.8) is 0 Å². The highest BCUT2D eigenvalue weighted by Crippen LogP contribution is 2.52. The van der Waals surface area contributed by atoms with Crippen LogP contribution in [0.5, 0.6) is 0 Å². The number of thiol groups is 1. The van der Waals surface area contributed by atoms with Gasteiger partial charge in [-0.1, -0.05) is 11.4 Å². The molecule has 1 atom stereocenters. The molecular formula is C2H7OPS2. The quantitative estimate of drug-likeness (QED) is 0.467. The summed E-state index contributed by atoms with van der Waals surface area (Å²) in [5.41, 5.74) is 0. The van der Waals surface area contributed by atoms with Gasteiger partial charge in [-0.3, -0.25) is 0 Å². The number of hydrogen-bond donors (Lipinski definition) is 1. The molecule has 0 heterocycles. The SMILES string of the molecule is COP(S)SC. The van der Waals surface area contributed by atoms with Gasteiger partial charge in [0.05, 0.1) is 0 Å². The normalized spacial score (nSPS) is 14.5. The van der Waals surface area contributed by atoms with E-state index in [-0.39, 0.29) is 0 Å². The maximum atomic E-state index is 4.79. The zero-order chi connectivity index (χ0) is 4.99. The first kappa shape index (κ1) is 7.09.